The van der Waals surface area contributed by atoms with Crippen molar-refractivity contribution in [2.24, 2.45) is 0 Å². The minimum atomic E-state index is -0.216. The van der Waals surface area contributed by atoms with E-state index in [0.29, 0.717) is 18.5 Å². The highest BCUT2D eigenvalue weighted by Crippen LogP contribution is 2.25. The fourth-order valence-corrected chi connectivity index (χ4v) is 6.38. The normalized spacial score (nSPS) is 18.7. The third-order valence-electron chi connectivity index (χ3n) is 7.45. The van der Waals surface area contributed by atoms with Crippen LogP contribution in [0.15, 0.2) is 22.3 Å². The lowest BCUT2D eigenvalue weighted by Crippen LogP contribution is -2.51. The van der Waals surface area contributed by atoms with E-state index < -0.39 is 0 Å². The Bertz CT molecular complexity index is 1180. The van der Waals surface area contributed by atoms with Gasteiger partial charge in [0.15, 0.2) is 0 Å². The maximum atomic E-state index is 13.0. The van der Waals surface area contributed by atoms with Crippen LogP contribution in [0.2, 0.25) is 0 Å². The molecule has 1 saturated carbocycles. The number of nitrogens with one attached hydrogen (secondary N) is 1. The lowest BCUT2D eigenvalue weighted by molar-refractivity contribution is -0.121. The van der Waals surface area contributed by atoms with Crippen LogP contribution in [0.4, 0.5) is 0 Å². The highest BCUT2D eigenvalue weighted by atomic mass is 32.1. The molecule has 0 radical (unpaired) electrons. The van der Waals surface area contributed by atoms with Gasteiger partial charge in [-0.3, -0.25) is 18.9 Å². The molecule has 34 heavy (non-hydrogen) atoms. The van der Waals surface area contributed by atoms with Crippen molar-refractivity contribution in [2.45, 2.75) is 64.5 Å². The van der Waals surface area contributed by atoms with Gasteiger partial charge in [-0.15, -0.1) is 11.3 Å². The van der Waals surface area contributed by atoms with Crippen LogP contribution < -0.4 is 10.9 Å². The molecule has 0 bridgehead atoms. The molecular formula is C25H36N6O2S. The highest BCUT2D eigenvalue weighted by Gasteiger charge is 2.24. The number of aryl methyl sites for hydroxylation is 1. The van der Waals surface area contributed by atoms with Gasteiger partial charge in [0.25, 0.3) is 5.56 Å². The highest BCUT2D eigenvalue weighted by molar-refractivity contribution is 7.17. The molecule has 0 unspecified atom stereocenters. The van der Waals surface area contributed by atoms with Gasteiger partial charge in [-0.25, -0.2) is 4.68 Å². The van der Waals surface area contributed by atoms with Crippen molar-refractivity contribution in [3.05, 3.63) is 33.7 Å². The van der Waals surface area contributed by atoms with Crippen molar-refractivity contribution in [1.82, 2.24) is 29.3 Å². The number of piperazine rings is 1. The molecule has 1 N–H and O–H groups in total. The lowest BCUT2D eigenvalue weighted by Gasteiger charge is -2.40. The fraction of sp³-hybridized carbons (Fsp3) is 0.640. The van der Waals surface area contributed by atoms with Crippen molar-refractivity contribution in [1.29, 1.82) is 0 Å². The first-order valence-electron chi connectivity index (χ1n) is 12.9. The zero-order valence-corrected chi connectivity index (χ0v) is 21.0. The minimum Gasteiger partial charge on any atom is -0.354 e. The van der Waals surface area contributed by atoms with E-state index in [1.54, 1.807) is 11.3 Å². The largest absolute Gasteiger partial charge is 0.354 e. The molecule has 0 spiro atoms. The lowest BCUT2D eigenvalue weighted by atomic mass is 9.94. The number of thiophene rings is 1. The van der Waals surface area contributed by atoms with Crippen LogP contribution >= 0.6 is 11.3 Å². The molecule has 1 saturated heterocycles. The molecule has 4 heterocycles. The summed E-state index contributed by atoms with van der Waals surface area (Å²) < 4.78 is 4.31. The van der Waals surface area contributed by atoms with Crippen molar-refractivity contribution in [2.75, 3.05) is 39.3 Å². The molecule has 184 valence electrons. The van der Waals surface area contributed by atoms with Gasteiger partial charge in [-0.2, -0.15) is 5.10 Å². The topological polar surface area (TPSA) is 74.9 Å². The predicted molar refractivity (Wildman–Crippen MR) is 137 cm³/mol. The molecule has 1 aliphatic carbocycles. The smallest absolute Gasteiger partial charge is 0.291 e. The Balaban J connectivity index is 1.09. The zero-order chi connectivity index (χ0) is 23.5. The Kier molecular flexibility index (Phi) is 7.32. The number of nitrogens with zero attached hydrogens (tertiary/aromatic N) is 5. The Morgan fingerprint density at radius 1 is 1.15 bits per heavy atom. The van der Waals surface area contributed by atoms with E-state index in [4.69, 9.17) is 0 Å². The van der Waals surface area contributed by atoms with Gasteiger partial charge in [-0.05, 0) is 43.3 Å². The van der Waals surface area contributed by atoms with E-state index in [-0.39, 0.29) is 18.0 Å². The van der Waals surface area contributed by atoms with Crippen LogP contribution in [0.25, 0.3) is 15.7 Å². The quantitative estimate of drug-likeness (QED) is 0.498. The maximum Gasteiger partial charge on any atom is 0.291 e. The summed E-state index contributed by atoms with van der Waals surface area (Å²) in [6, 6.07) is 4.73. The number of carbonyl (C=O) groups is 1. The van der Waals surface area contributed by atoms with Crippen LogP contribution in [0.5, 0.6) is 0 Å². The first-order chi connectivity index (χ1) is 16.6. The predicted octanol–water partition coefficient (Wildman–Crippen LogP) is 2.73. The Morgan fingerprint density at radius 2 is 1.94 bits per heavy atom. The molecule has 3 aromatic rings. The second-order valence-electron chi connectivity index (χ2n) is 9.64. The number of hydrogen-bond donors (Lipinski definition) is 1. The third kappa shape index (κ3) is 4.92. The van der Waals surface area contributed by atoms with Crippen LogP contribution in [-0.2, 0) is 17.8 Å². The van der Waals surface area contributed by atoms with E-state index in [1.807, 2.05) is 28.8 Å². The van der Waals surface area contributed by atoms with Crippen molar-refractivity contribution >= 4 is 33.0 Å². The Morgan fingerprint density at radius 3 is 2.71 bits per heavy atom. The first-order valence-corrected chi connectivity index (χ1v) is 13.7. The van der Waals surface area contributed by atoms with Crippen LogP contribution in [0.3, 0.4) is 0 Å². The molecule has 3 aromatic heterocycles. The SMILES string of the molecule is CCc1nn(CC(=O)NCCCN2CCN(C3CCCCC3)CC2)c(=O)c2cc3sccc3n12. The number of fused-ring (bicyclic) bond motifs is 3. The van der Waals surface area contributed by atoms with E-state index in [2.05, 4.69) is 20.2 Å². The van der Waals surface area contributed by atoms with Gasteiger partial charge in [0.05, 0.1) is 10.2 Å². The number of carbonyl (C=O) groups excluding carboxylic acids is 1. The maximum absolute atomic E-state index is 13.0. The fourth-order valence-electron chi connectivity index (χ4n) is 5.58. The van der Waals surface area contributed by atoms with Crippen molar-refractivity contribution in [3.63, 3.8) is 0 Å². The van der Waals surface area contributed by atoms with Gasteiger partial charge >= 0.3 is 0 Å². The van der Waals surface area contributed by atoms with Gasteiger partial charge in [0.2, 0.25) is 5.91 Å². The molecular weight excluding hydrogens is 448 g/mol. The van der Waals surface area contributed by atoms with Gasteiger partial charge in [0, 0.05) is 45.2 Å². The zero-order valence-electron chi connectivity index (χ0n) is 20.2. The molecule has 0 atom stereocenters. The molecule has 1 amide bonds. The third-order valence-corrected chi connectivity index (χ3v) is 8.30. The van der Waals surface area contributed by atoms with Crippen LogP contribution in [-0.4, -0.2) is 75.2 Å². The van der Waals surface area contributed by atoms with Crippen molar-refractivity contribution < 1.29 is 4.79 Å². The number of amides is 1. The summed E-state index contributed by atoms with van der Waals surface area (Å²) in [4.78, 5) is 30.7. The van der Waals surface area contributed by atoms with Gasteiger partial charge < -0.3 is 10.2 Å². The monoisotopic (exact) mass is 484 g/mol. The summed E-state index contributed by atoms with van der Waals surface area (Å²) in [5.74, 6) is 0.639. The van der Waals surface area contributed by atoms with Crippen LogP contribution in [0.1, 0.15) is 51.3 Å². The number of hydrogen-bond acceptors (Lipinski definition) is 6. The summed E-state index contributed by atoms with van der Waals surface area (Å²) in [5, 5.41) is 9.51. The van der Waals surface area contributed by atoms with Crippen LogP contribution in [0, 0.1) is 0 Å². The van der Waals surface area contributed by atoms with E-state index in [1.165, 1.54) is 49.9 Å². The number of aromatic nitrogens is 3. The van der Waals surface area contributed by atoms with E-state index >= 15 is 0 Å². The second-order valence-corrected chi connectivity index (χ2v) is 10.6. The average molecular weight is 485 g/mol. The van der Waals surface area contributed by atoms with Gasteiger partial charge in [0.1, 0.15) is 17.9 Å². The molecule has 0 aromatic carbocycles. The van der Waals surface area contributed by atoms with Crippen molar-refractivity contribution in [3.8, 4) is 0 Å². The summed E-state index contributed by atoms with van der Waals surface area (Å²) >= 11 is 1.61. The molecule has 9 heteroatoms. The summed E-state index contributed by atoms with van der Waals surface area (Å²) in [5.41, 5.74) is 1.39. The standard InChI is InChI=1S/C25H36N6O2S/c1-2-23-27-30(25(33)21-17-22-20(31(21)23)9-16-34-22)18-24(32)26-10-6-11-28-12-14-29(15-13-28)19-7-4-3-5-8-19/h9,16-17,19H,2-8,10-15,18H2,1H3,(H,26,32). The summed E-state index contributed by atoms with van der Waals surface area (Å²) in [6.45, 7) is 8.20. The molecule has 8 nitrogen and oxygen atoms in total. The number of rotatable bonds is 8. The average Bonchev–Trinajstić information content (AvgIpc) is 3.47. The Labute approximate surface area is 204 Å². The molecule has 2 fully saturated rings. The summed E-state index contributed by atoms with van der Waals surface area (Å²) in [7, 11) is 0. The first kappa shape index (κ1) is 23.5. The molecule has 2 aliphatic rings. The Hall–Kier alpha value is -2.23. The molecule has 5 rings (SSSR count). The van der Waals surface area contributed by atoms with E-state index in [9.17, 15) is 9.59 Å². The van der Waals surface area contributed by atoms with E-state index in [0.717, 1.165) is 48.1 Å². The van der Waals surface area contributed by atoms with Gasteiger partial charge in [-0.1, -0.05) is 26.2 Å². The minimum absolute atomic E-state index is 0.0405. The summed E-state index contributed by atoms with van der Waals surface area (Å²) in [6.07, 6.45) is 8.55. The molecule has 1 aliphatic heterocycles. The second kappa shape index (κ2) is 10.6.